The van der Waals surface area contributed by atoms with Crippen LogP contribution in [-0.2, 0) is 0 Å². The van der Waals surface area contributed by atoms with Gasteiger partial charge in [0.05, 0.1) is 7.11 Å². The van der Waals surface area contributed by atoms with E-state index in [4.69, 9.17) is 4.74 Å². The van der Waals surface area contributed by atoms with Gasteiger partial charge < -0.3 is 10.1 Å². The summed E-state index contributed by atoms with van der Waals surface area (Å²) in [5, 5.41) is 2.95. The van der Waals surface area contributed by atoms with Crippen LogP contribution in [-0.4, -0.2) is 24.3 Å². The summed E-state index contributed by atoms with van der Waals surface area (Å²) in [5.74, 6) is 0.419. The number of Topliss-reactive ketones (excluding diaryl/α,β-unsaturated/α-hetero) is 1. The van der Waals surface area contributed by atoms with Crippen LogP contribution in [0.1, 0.15) is 44.7 Å². The van der Waals surface area contributed by atoms with Crippen LogP contribution < -0.4 is 10.1 Å². The molecule has 0 radical (unpaired) electrons. The fourth-order valence-corrected chi connectivity index (χ4v) is 2.96. The van der Waals surface area contributed by atoms with Crippen molar-refractivity contribution in [2.24, 2.45) is 0 Å². The van der Waals surface area contributed by atoms with Gasteiger partial charge in [0.15, 0.2) is 5.78 Å². The van der Waals surface area contributed by atoms with E-state index < -0.39 is 5.54 Å². The van der Waals surface area contributed by atoms with Gasteiger partial charge in [-0.25, -0.2) is 0 Å². The molecule has 0 saturated heterocycles. The third kappa shape index (κ3) is 2.92. The average Bonchev–Trinajstić information content (AvgIpc) is 3.35. The number of nitrogens with one attached hydrogen (secondary N) is 1. The predicted molar refractivity (Wildman–Crippen MR) is 92.7 cm³/mol. The Morgan fingerprint density at radius 3 is 2.42 bits per heavy atom. The van der Waals surface area contributed by atoms with Crippen molar-refractivity contribution in [3.05, 3.63) is 64.7 Å². The van der Waals surface area contributed by atoms with Crippen LogP contribution in [0.25, 0.3) is 0 Å². The van der Waals surface area contributed by atoms with E-state index in [0.29, 0.717) is 29.7 Å². The average molecular weight is 323 g/mol. The summed E-state index contributed by atoms with van der Waals surface area (Å²) in [6.07, 6.45) is 1.35. The van der Waals surface area contributed by atoms with Crippen molar-refractivity contribution in [1.82, 2.24) is 5.32 Å². The van der Waals surface area contributed by atoms with E-state index in [1.54, 1.807) is 25.3 Å². The van der Waals surface area contributed by atoms with Crippen molar-refractivity contribution < 1.29 is 14.3 Å². The highest BCUT2D eigenvalue weighted by molar-refractivity contribution is 6.09. The quantitative estimate of drug-likeness (QED) is 0.857. The monoisotopic (exact) mass is 323 g/mol. The molecule has 1 fully saturated rings. The van der Waals surface area contributed by atoms with E-state index >= 15 is 0 Å². The Morgan fingerprint density at radius 1 is 1.08 bits per heavy atom. The highest BCUT2D eigenvalue weighted by atomic mass is 16.5. The molecule has 0 spiro atoms. The standard InChI is InChI=1S/C20H21NO3/c1-13-6-4-7-15(12-13)18(22)20(10-11-20)21-19(23)16-8-5-9-17(24-3)14(16)2/h4-9,12H,10-11H2,1-3H3,(H,21,23). The van der Waals surface area contributed by atoms with Gasteiger partial charge in [0, 0.05) is 16.7 Å². The van der Waals surface area contributed by atoms with Crippen LogP contribution in [0.3, 0.4) is 0 Å². The third-order valence-electron chi connectivity index (χ3n) is 4.57. The second-order valence-electron chi connectivity index (χ2n) is 6.37. The van der Waals surface area contributed by atoms with E-state index in [0.717, 1.165) is 11.1 Å². The van der Waals surface area contributed by atoms with Gasteiger partial charge in [-0.15, -0.1) is 0 Å². The zero-order chi connectivity index (χ0) is 17.3. The first-order valence-corrected chi connectivity index (χ1v) is 8.04. The molecule has 1 aliphatic carbocycles. The molecule has 1 N–H and O–H groups in total. The number of hydrogen-bond donors (Lipinski definition) is 1. The van der Waals surface area contributed by atoms with Crippen molar-refractivity contribution in [3.8, 4) is 5.75 Å². The second kappa shape index (κ2) is 6.11. The maximum absolute atomic E-state index is 12.8. The normalized spacial score (nSPS) is 14.8. The van der Waals surface area contributed by atoms with Crippen LogP contribution in [0, 0.1) is 13.8 Å². The van der Waals surface area contributed by atoms with E-state index in [2.05, 4.69) is 5.32 Å². The number of benzene rings is 2. The molecule has 4 heteroatoms. The van der Waals surface area contributed by atoms with Crippen LogP contribution in [0.5, 0.6) is 5.75 Å². The molecule has 3 rings (SSSR count). The fraction of sp³-hybridized carbons (Fsp3) is 0.300. The summed E-state index contributed by atoms with van der Waals surface area (Å²) in [6, 6.07) is 12.8. The van der Waals surface area contributed by atoms with E-state index in [1.807, 2.05) is 38.1 Å². The molecule has 124 valence electrons. The Kier molecular flexibility index (Phi) is 4.14. The molecule has 24 heavy (non-hydrogen) atoms. The number of hydrogen-bond acceptors (Lipinski definition) is 3. The second-order valence-corrected chi connectivity index (χ2v) is 6.37. The van der Waals surface area contributed by atoms with Gasteiger partial charge in [-0.1, -0.05) is 29.8 Å². The summed E-state index contributed by atoms with van der Waals surface area (Å²) >= 11 is 0. The maximum Gasteiger partial charge on any atom is 0.252 e. The van der Waals surface area contributed by atoms with Crippen molar-refractivity contribution in [2.45, 2.75) is 32.2 Å². The number of aryl methyl sites for hydroxylation is 1. The van der Waals surface area contributed by atoms with Crippen LogP contribution in [0.15, 0.2) is 42.5 Å². The number of ketones is 1. The van der Waals surface area contributed by atoms with Crippen molar-refractivity contribution in [2.75, 3.05) is 7.11 Å². The summed E-state index contributed by atoms with van der Waals surface area (Å²) in [7, 11) is 1.58. The molecule has 0 heterocycles. The highest BCUT2D eigenvalue weighted by Gasteiger charge is 2.51. The highest BCUT2D eigenvalue weighted by Crippen LogP contribution is 2.39. The first-order chi connectivity index (χ1) is 11.5. The first kappa shape index (κ1) is 16.2. The van der Waals surface area contributed by atoms with Gasteiger partial charge in [-0.05, 0) is 44.9 Å². The summed E-state index contributed by atoms with van der Waals surface area (Å²) in [6.45, 7) is 3.80. The van der Waals surface area contributed by atoms with Crippen molar-refractivity contribution in [1.29, 1.82) is 0 Å². The minimum Gasteiger partial charge on any atom is -0.496 e. The predicted octanol–water partition coefficient (Wildman–Crippen LogP) is 3.46. The third-order valence-corrected chi connectivity index (χ3v) is 4.57. The van der Waals surface area contributed by atoms with Crippen molar-refractivity contribution >= 4 is 11.7 Å². The molecule has 0 bridgehead atoms. The van der Waals surface area contributed by atoms with Gasteiger partial charge in [0.1, 0.15) is 11.3 Å². The molecule has 0 atom stereocenters. The molecule has 0 unspecified atom stereocenters. The number of amides is 1. The van der Waals surface area contributed by atoms with E-state index in [-0.39, 0.29) is 11.7 Å². The van der Waals surface area contributed by atoms with Crippen LogP contribution in [0.2, 0.25) is 0 Å². The summed E-state index contributed by atoms with van der Waals surface area (Å²) in [4.78, 5) is 25.5. The lowest BCUT2D eigenvalue weighted by molar-refractivity contribution is 0.0842. The van der Waals surface area contributed by atoms with E-state index in [9.17, 15) is 9.59 Å². The molecule has 4 nitrogen and oxygen atoms in total. The summed E-state index contributed by atoms with van der Waals surface area (Å²) < 4.78 is 5.26. The number of carbonyl (C=O) groups is 2. The van der Waals surface area contributed by atoms with Crippen LogP contribution in [0.4, 0.5) is 0 Å². The minimum absolute atomic E-state index is 0.0138. The van der Waals surface area contributed by atoms with E-state index in [1.165, 1.54) is 0 Å². The lowest BCUT2D eigenvalue weighted by atomic mass is 9.99. The summed E-state index contributed by atoms with van der Waals surface area (Å²) in [5.41, 5.74) is 2.23. The minimum atomic E-state index is -0.763. The number of rotatable bonds is 5. The number of methoxy groups -OCH3 is 1. The van der Waals surface area contributed by atoms with Gasteiger partial charge in [0.2, 0.25) is 0 Å². The molecule has 1 saturated carbocycles. The molecule has 1 amide bonds. The Balaban J connectivity index is 1.83. The molecule has 0 aliphatic heterocycles. The van der Waals surface area contributed by atoms with Crippen molar-refractivity contribution in [3.63, 3.8) is 0 Å². The van der Waals surface area contributed by atoms with Gasteiger partial charge in [-0.2, -0.15) is 0 Å². The molecule has 0 aromatic heterocycles. The maximum atomic E-state index is 12.8. The Bertz CT molecular complexity index is 806. The molecule has 2 aromatic carbocycles. The van der Waals surface area contributed by atoms with Gasteiger partial charge >= 0.3 is 0 Å². The topological polar surface area (TPSA) is 55.4 Å². The first-order valence-electron chi connectivity index (χ1n) is 8.04. The lowest BCUT2D eigenvalue weighted by Crippen LogP contribution is -2.43. The zero-order valence-corrected chi connectivity index (χ0v) is 14.2. The molecular weight excluding hydrogens is 302 g/mol. The number of ether oxygens (including phenoxy) is 1. The molecule has 2 aromatic rings. The number of carbonyl (C=O) groups excluding carboxylic acids is 2. The fourth-order valence-electron chi connectivity index (χ4n) is 2.96. The van der Waals surface area contributed by atoms with Gasteiger partial charge in [0.25, 0.3) is 5.91 Å². The lowest BCUT2D eigenvalue weighted by Gasteiger charge is -2.18. The van der Waals surface area contributed by atoms with Crippen LogP contribution >= 0.6 is 0 Å². The SMILES string of the molecule is COc1cccc(C(=O)NC2(C(=O)c3cccc(C)c3)CC2)c1C. The smallest absolute Gasteiger partial charge is 0.252 e. The van der Waals surface area contributed by atoms with Gasteiger partial charge in [-0.3, -0.25) is 9.59 Å². The Labute approximate surface area is 141 Å². The molecule has 1 aliphatic rings. The molecular formula is C20H21NO3. The largest absolute Gasteiger partial charge is 0.496 e. The Morgan fingerprint density at radius 2 is 1.79 bits per heavy atom. The Hall–Kier alpha value is -2.62. The zero-order valence-electron chi connectivity index (χ0n) is 14.2.